The van der Waals surface area contributed by atoms with Crippen LogP contribution in [0.25, 0.3) is 0 Å². The van der Waals surface area contributed by atoms with Crippen molar-refractivity contribution >= 4 is 11.8 Å². The molecule has 0 aromatic rings. The fraction of sp³-hybridized carbons (Fsp3) is 1.00. The molecule has 2 saturated carbocycles. The molecule has 0 spiro atoms. The Balaban J connectivity index is 2.01. The molecule has 0 aromatic heterocycles. The zero-order chi connectivity index (χ0) is 6.27. The number of thioether (sulfide) groups is 1. The quantitative estimate of drug-likeness (QED) is 0.542. The second-order valence-corrected chi connectivity index (χ2v) is 4.53. The second kappa shape index (κ2) is 2.19. The lowest BCUT2D eigenvalue weighted by Gasteiger charge is -2.18. The maximum Gasteiger partial charge on any atom is 0.00752 e. The number of hydrogen-bond acceptors (Lipinski definition) is 1. The van der Waals surface area contributed by atoms with E-state index in [1.165, 1.54) is 12.8 Å². The average molecular weight is 142 g/mol. The molecule has 3 atom stereocenters. The van der Waals surface area contributed by atoms with Crippen LogP contribution in [0.4, 0.5) is 0 Å². The predicted molar refractivity (Wildman–Crippen MR) is 42.8 cm³/mol. The van der Waals surface area contributed by atoms with Gasteiger partial charge in [-0.2, -0.15) is 11.8 Å². The molecule has 1 heteroatoms. The second-order valence-electron chi connectivity index (χ2n) is 3.45. The molecule has 2 aliphatic rings. The van der Waals surface area contributed by atoms with Gasteiger partial charge in [0.1, 0.15) is 0 Å². The third kappa shape index (κ3) is 0.899. The molecule has 0 aliphatic heterocycles. The molecule has 2 aliphatic carbocycles. The van der Waals surface area contributed by atoms with Crippen LogP contribution in [0, 0.1) is 11.8 Å². The molecular formula is C8H14S. The van der Waals surface area contributed by atoms with Crippen molar-refractivity contribution in [3.8, 4) is 0 Å². The number of hydrogen-bond donors (Lipinski definition) is 0. The molecule has 0 saturated heterocycles. The summed E-state index contributed by atoms with van der Waals surface area (Å²) < 4.78 is 0. The molecule has 0 amide bonds. The van der Waals surface area contributed by atoms with Crippen molar-refractivity contribution in [2.24, 2.45) is 11.8 Å². The van der Waals surface area contributed by atoms with Crippen LogP contribution in [0.2, 0.25) is 0 Å². The molecule has 2 fully saturated rings. The Kier molecular flexibility index (Phi) is 1.48. The normalized spacial score (nSPS) is 48.3. The van der Waals surface area contributed by atoms with Crippen LogP contribution in [0.1, 0.15) is 25.7 Å². The van der Waals surface area contributed by atoms with Crippen LogP contribution in [0.5, 0.6) is 0 Å². The molecule has 2 rings (SSSR count). The number of rotatable bonds is 1. The Hall–Kier alpha value is 0.350. The van der Waals surface area contributed by atoms with E-state index in [-0.39, 0.29) is 0 Å². The molecule has 0 radical (unpaired) electrons. The lowest BCUT2D eigenvalue weighted by molar-refractivity contribution is 0.493. The van der Waals surface area contributed by atoms with Gasteiger partial charge in [0.25, 0.3) is 0 Å². The van der Waals surface area contributed by atoms with Crippen molar-refractivity contribution in [2.45, 2.75) is 30.9 Å². The Bertz CT molecular complexity index is 111. The van der Waals surface area contributed by atoms with E-state index in [1.807, 2.05) is 0 Å². The molecule has 0 nitrogen and oxygen atoms in total. The fourth-order valence-electron chi connectivity index (χ4n) is 2.48. The lowest BCUT2D eigenvalue weighted by atomic mass is 10.0. The zero-order valence-corrected chi connectivity index (χ0v) is 6.79. The highest BCUT2D eigenvalue weighted by atomic mass is 32.2. The summed E-state index contributed by atoms with van der Waals surface area (Å²) in [5.74, 6) is 2.25. The maximum atomic E-state index is 2.27. The van der Waals surface area contributed by atoms with Gasteiger partial charge in [0, 0.05) is 5.25 Å². The van der Waals surface area contributed by atoms with E-state index in [9.17, 15) is 0 Å². The van der Waals surface area contributed by atoms with Crippen LogP contribution in [-0.4, -0.2) is 11.5 Å². The molecule has 2 bridgehead atoms. The molecule has 9 heavy (non-hydrogen) atoms. The monoisotopic (exact) mass is 142 g/mol. The van der Waals surface area contributed by atoms with Crippen molar-refractivity contribution in [3.63, 3.8) is 0 Å². The van der Waals surface area contributed by atoms with Crippen LogP contribution < -0.4 is 0 Å². The Labute approximate surface area is 61.4 Å². The standard InChI is InChI=1S/C8H14S/c1-9-8-5-6-2-3-7(8)4-6/h6-8H,2-5H2,1H3/t6-,7+,8+/m0/s1. The minimum atomic E-state index is 1.05. The van der Waals surface area contributed by atoms with Crippen LogP contribution in [0.15, 0.2) is 0 Å². The first-order valence-electron chi connectivity index (χ1n) is 3.93. The van der Waals surface area contributed by atoms with Crippen molar-refractivity contribution in [1.82, 2.24) is 0 Å². The topological polar surface area (TPSA) is 0 Å². The molecule has 52 valence electrons. The fourth-order valence-corrected chi connectivity index (χ4v) is 3.57. The first-order chi connectivity index (χ1) is 4.40. The first kappa shape index (κ1) is 6.09. The summed E-state index contributed by atoms with van der Waals surface area (Å²) in [4.78, 5) is 0. The van der Waals surface area contributed by atoms with Gasteiger partial charge >= 0.3 is 0 Å². The Morgan fingerprint density at radius 1 is 1.22 bits per heavy atom. The van der Waals surface area contributed by atoms with Crippen molar-refractivity contribution in [1.29, 1.82) is 0 Å². The summed E-state index contributed by atoms with van der Waals surface area (Å²) >= 11 is 2.10. The van der Waals surface area contributed by atoms with E-state index in [4.69, 9.17) is 0 Å². The van der Waals surface area contributed by atoms with Gasteiger partial charge in [-0.15, -0.1) is 0 Å². The highest BCUT2D eigenvalue weighted by molar-refractivity contribution is 7.99. The van der Waals surface area contributed by atoms with E-state index in [2.05, 4.69) is 18.0 Å². The van der Waals surface area contributed by atoms with E-state index in [0.29, 0.717) is 0 Å². The summed E-state index contributed by atoms with van der Waals surface area (Å²) in [7, 11) is 0. The van der Waals surface area contributed by atoms with Gasteiger partial charge in [-0.25, -0.2) is 0 Å². The summed E-state index contributed by atoms with van der Waals surface area (Å²) in [6, 6.07) is 0. The van der Waals surface area contributed by atoms with Gasteiger partial charge in [-0.1, -0.05) is 6.42 Å². The SMILES string of the molecule is CS[C@@H]1C[C@H]2CC[C@@H]1C2. The molecule has 0 heterocycles. The number of fused-ring (bicyclic) bond motifs is 2. The zero-order valence-electron chi connectivity index (χ0n) is 5.97. The van der Waals surface area contributed by atoms with Gasteiger partial charge in [-0.05, 0) is 37.4 Å². The van der Waals surface area contributed by atoms with Crippen molar-refractivity contribution in [2.75, 3.05) is 6.26 Å². The van der Waals surface area contributed by atoms with E-state index in [0.717, 1.165) is 17.1 Å². The van der Waals surface area contributed by atoms with Crippen LogP contribution in [-0.2, 0) is 0 Å². The largest absolute Gasteiger partial charge is 0.162 e. The minimum absolute atomic E-state index is 1.05. The minimum Gasteiger partial charge on any atom is -0.162 e. The molecule has 0 aromatic carbocycles. The summed E-state index contributed by atoms with van der Waals surface area (Å²) in [6.07, 6.45) is 8.45. The van der Waals surface area contributed by atoms with E-state index < -0.39 is 0 Å². The van der Waals surface area contributed by atoms with E-state index >= 15 is 0 Å². The van der Waals surface area contributed by atoms with E-state index in [1.54, 1.807) is 12.8 Å². The average Bonchev–Trinajstić information content (AvgIpc) is 2.45. The van der Waals surface area contributed by atoms with Crippen LogP contribution in [0.3, 0.4) is 0 Å². The van der Waals surface area contributed by atoms with Gasteiger partial charge in [0.15, 0.2) is 0 Å². The van der Waals surface area contributed by atoms with Crippen LogP contribution >= 0.6 is 11.8 Å². The third-order valence-electron chi connectivity index (χ3n) is 2.98. The summed E-state index contributed by atoms with van der Waals surface area (Å²) in [5.41, 5.74) is 0. The first-order valence-corrected chi connectivity index (χ1v) is 5.21. The Morgan fingerprint density at radius 3 is 2.44 bits per heavy atom. The highest BCUT2D eigenvalue weighted by Gasteiger charge is 2.38. The van der Waals surface area contributed by atoms with Gasteiger partial charge in [0.05, 0.1) is 0 Å². The molecule has 0 unspecified atom stereocenters. The predicted octanol–water partition coefficient (Wildman–Crippen LogP) is 2.54. The summed E-state index contributed by atoms with van der Waals surface area (Å²) in [5, 5.41) is 1.05. The maximum absolute atomic E-state index is 2.27. The Morgan fingerprint density at radius 2 is 2.11 bits per heavy atom. The summed E-state index contributed by atoms with van der Waals surface area (Å²) in [6.45, 7) is 0. The van der Waals surface area contributed by atoms with Crippen molar-refractivity contribution in [3.05, 3.63) is 0 Å². The molecule has 0 N–H and O–H groups in total. The highest BCUT2D eigenvalue weighted by Crippen LogP contribution is 2.48. The third-order valence-corrected chi connectivity index (χ3v) is 4.16. The lowest BCUT2D eigenvalue weighted by Crippen LogP contribution is -2.11. The molecular weight excluding hydrogens is 128 g/mol. The van der Waals surface area contributed by atoms with Gasteiger partial charge in [0.2, 0.25) is 0 Å². The van der Waals surface area contributed by atoms with Crippen molar-refractivity contribution < 1.29 is 0 Å². The van der Waals surface area contributed by atoms with Gasteiger partial charge in [-0.3, -0.25) is 0 Å². The van der Waals surface area contributed by atoms with Gasteiger partial charge < -0.3 is 0 Å². The smallest absolute Gasteiger partial charge is 0.00752 e.